The van der Waals surface area contributed by atoms with Crippen LogP contribution in [0.3, 0.4) is 0 Å². The lowest BCUT2D eigenvalue weighted by Crippen LogP contribution is -2.61. The Morgan fingerprint density at radius 3 is 1.84 bits per heavy atom. The molecule has 112 valence electrons. The summed E-state index contributed by atoms with van der Waals surface area (Å²) in [4.78, 5) is 5.26. The molecule has 2 aliphatic rings. The Labute approximate surface area is 119 Å². The highest BCUT2D eigenvalue weighted by atomic mass is 15.3. The van der Waals surface area contributed by atoms with Crippen LogP contribution in [-0.4, -0.2) is 53.6 Å². The molecule has 3 heteroatoms. The number of nitrogens with two attached hydrogens (primary N) is 1. The van der Waals surface area contributed by atoms with Crippen LogP contribution in [0.1, 0.15) is 53.4 Å². The molecule has 0 spiro atoms. The second-order valence-electron chi connectivity index (χ2n) is 7.85. The van der Waals surface area contributed by atoms with Gasteiger partial charge in [-0.1, -0.05) is 19.3 Å². The molecule has 1 saturated heterocycles. The van der Waals surface area contributed by atoms with Crippen molar-refractivity contribution in [2.45, 2.75) is 64.5 Å². The van der Waals surface area contributed by atoms with Crippen LogP contribution in [0, 0.1) is 5.92 Å². The van der Waals surface area contributed by atoms with Crippen molar-refractivity contribution in [3.63, 3.8) is 0 Å². The zero-order valence-corrected chi connectivity index (χ0v) is 13.4. The second kappa shape index (κ2) is 5.71. The van der Waals surface area contributed by atoms with Crippen molar-refractivity contribution in [1.82, 2.24) is 9.80 Å². The molecular weight excluding hydrogens is 234 g/mol. The first kappa shape index (κ1) is 15.3. The SMILES string of the molecule is CC(C)(C)N1CCN(C(C)(CN)CC2CCC2)CC1. The molecule has 1 atom stereocenters. The summed E-state index contributed by atoms with van der Waals surface area (Å²) in [6.45, 7) is 14.9. The van der Waals surface area contributed by atoms with Crippen LogP contribution in [-0.2, 0) is 0 Å². The standard InChI is InChI=1S/C16H33N3/c1-15(2,3)18-8-10-19(11-9-18)16(4,13-17)12-14-6-5-7-14/h14H,5-13,17H2,1-4H3. The van der Waals surface area contributed by atoms with E-state index in [1.807, 2.05) is 0 Å². The van der Waals surface area contributed by atoms with Crippen LogP contribution >= 0.6 is 0 Å². The average Bonchev–Trinajstić information content (AvgIpc) is 2.33. The van der Waals surface area contributed by atoms with Crippen molar-refractivity contribution in [2.24, 2.45) is 11.7 Å². The molecule has 0 amide bonds. The number of rotatable bonds is 4. The molecule has 0 bridgehead atoms. The quantitative estimate of drug-likeness (QED) is 0.848. The highest BCUT2D eigenvalue weighted by Gasteiger charge is 2.37. The molecule has 1 aliphatic carbocycles. The lowest BCUT2D eigenvalue weighted by Gasteiger charge is -2.50. The Morgan fingerprint density at radius 2 is 1.47 bits per heavy atom. The van der Waals surface area contributed by atoms with E-state index in [-0.39, 0.29) is 5.54 Å². The van der Waals surface area contributed by atoms with E-state index in [0.29, 0.717) is 5.54 Å². The fourth-order valence-electron chi connectivity index (χ4n) is 3.58. The zero-order chi connectivity index (χ0) is 14.1. The van der Waals surface area contributed by atoms with Crippen LogP contribution in [0.25, 0.3) is 0 Å². The van der Waals surface area contributed by atoms with Crippen molar-refractivity contribution in [3.8, 4) is 0 Å². The minimum Gasteiger partial charge on any atom is -0.329 e. The van der Waals surface area contributed by atoms with Crippen LogP contribution in [0.4, 0.5) is 0 Å². The van der Waals surface area contributed by atoms with Crippen LogP contribution in [0.15, 0.2) is 0 Å². The molecule has 0 aromatic carbocycles. The van der Waals surface area contributed by atoms with E-state index >= 15 is 0 Å². The summed E-state index contributed by atoms with van der Waals surface area (Å²) < 4.78 is 0. The van der Waals surface area contributed by atoms with Crippen molar-refractivity contribution in [1.29, 1.82) is 0 Å². The van der Waals surface area contributed by atoms with Gasteiger partial charge in [0.25, 0.3) is 0 Å². The smallest absolute Gasteiger partial charge is 0.0307 e. The summed E-state index contributed by atoms with van der Waals surface area (Å²) in [5.41, 5.74) is 6.67. The number of hydrogen-bond acceptors (Lipinski definition) is 3. The molecule has 1 heterocycles. The fraction of sp³-hybridized carbons (Fsp3) is 1.00. The molecule has 19 heavy (non-hydrogen) atoms. The molecular formula is C16H33N3. The Bertz CT molecular complexity index is 285. The lowest BCUT2D eigenvalue weighted by atomic mass is 9.75. The Hall–Kier alpha value is -0.120. The fourth-order valence-corrected chi connectivity index (χ4v) is 3.58. The largest absolute Gasteiger partial charge is 0.329 e. The molecule has 0 aromatic heterocycles. The Kier molecular flexibility index (Phi) is 4.59. The topological polar surface area (TPSA) is 32.5 Å². The third kappa shape index (κ3) is 3.50. The summed E-state index contributed by atoms with van der Waals surface area (Å²) >= 11 is 0. The summed E-state index contributed by atoms with van der Waals surface area (Å²) in [6.07, 6.45) is 5.59. The van der Waals surface area contributed by atoms with E-state index in [0.717, 1.165) is 12.5 Å². The van der Waals surface area contributed by atoms with Gasteiger partial charge in [-0.2, -0.15) is 0 Å². The van der Waals surface area contributed by atoms with Gasteiger partial charge < -0.3 is 5.73 Å². The van der Waals surface area contributed by atoms with Gasteiger partial charge in [0, 0.05) is 43.8 Å². The maximum absolute atomic E-state index is 6.13. The van der Waals surface area contributed by atoms with Gasteiger partial charge in [-0.05, 0) is 40.0 Å². The number of piperazine rings is 1. The lowest BCUT2D eigenvalue weighted by molar-refractivity contribution is -0.00384. The maximum Gasteiger partial charge on any atom is 0.0307 e. The van der Waals surface area contributed by atoms with E-state index < -0.39 is 0 Å². The van der Waals surface area contributed by atoms with Gasteiger partial charge in [0.1, 0.15) is 0 Å². The van der Waals surface area contributed by atoms with Gasteiger partial charge in [-0.3, -0.25) is 9.80 Å². The molecule has 3 nitrogen and oxygen atoms in total. The average molecular weight is 267 g/mol. The molecule has 1 unspecified atom stereocenters. The normalized spacial score (nSPS) is 27.0. The van der Waals surface area contributed by atoms with E-state index in [1.54, 1.807) is 0 Å². The van der Waals surface area contributed by atoms with Gasteiger partial charge in [-0.15, -0.1) is 0 Å². The van der Waals surface area contributed by atoms with Crippen LogP contribution in [0.5, 0.6) is 0 Å². The monoisotopic (exact) mass is 267 g/mol. The van der Waals surface area contributed by atoms with Crippen molar-refractivity contribution < 1.29 is 0 Å². The third-order valence-corrected chi connectivity index (χ3v) is 5.38. The predicted molar refractivity (Wildman–Crippen MR) is 82.3 cm³/mol. The summed E-state index contributed by atoms with van der Waals surface area (Å²) in [7, 11) is 0. The highest BCUT2D eigenvalue weighted by Crippen LogP contribution is 2.36. The van der Waals surface area contributed by atoms with Gasteiger partial charge in [0.05, 0.1) is 0 Å². The zero-order valence-electron chi connectivity index (χ0n) is 13.4. The first-order chi connectivity index (χ1) is 8.85. The highest BCUT2D eigenvalue weighted by molar-refractivity contribution is 4.94. The third-order valence-electron chi connectivity index (χ3n) is 5.38. The van der Waals surface area contributed by atoms with Crippen LogP contribution < -0.4 is 5.73 Å². The van der Waals surface area contributed by atoms with E-state index in [2.05, 4.69) is 37.5 Å². The maximum atomic E-state index is 6.13. The number of nitrogens with zero attached hydrogens (tertiary/aromatic N) is 2. The molecule has 0 aromatic rings. The summed E-state index contributed by atoms with van der Waals surface area (Å²) in [5.74, 6) is 0.939. The molecule has 2 fully saturated rings. The van der Waals surface area contributed by atoms with Gasteiger partial charge in [0.15, 0.2) is 0 Å². The Balaban J connectivity index is 1.90. The first-order valence-electron chi connectivity index (χ1n) is 8.05. The first-order valence-corrected chi connectivity index (χ1v) is 8.05. The molecule has 2 rings (SSSR count). The molecule has 1 aliphatic heterocycles. The van der Waals surface area contributed by atoms with Gasteiger partial charge in [-0.25, -0.2) is 0 Å². The van der Waals surface area contributed by atoms with E-state index in [1.165, 1.54) is 51.9 Å². The molecule has 0 radical (unpaired) electrons. The Morgan fingerprint density at radius 1 is 0.947 bits per heavy atom. The predicted octanol–water partition coefficient (Wildman–Crippen LogP) is 2.31. The van der Waals surface area contributed by atoms with E-state index in [4.69, 9.17) is 5.73 Å². The minimum absolute atomic E-state index is 0.231. The summed E-state index contributed by atoms with van der Waals surface area (Å²) in [5, 5.41) is 0. The van der Waals surface area contributed by atoms with Gasteiger partial charge in [0.2, 0.25) is 0 Å². The second-order valence-corrected chi connectivity index (χ2v) is 7.85. The minimum atomic E-state index is 0.231. The number of hydrogen-bond donors (Lipinski definition) is 1. The van der Waals surface area contributed by atoms with E-state index in [9.17, 15) is 0 Å². The molecule has 1 saturated carbocycles. The van der Waals surface area contributed by atoms with Crippen LogP contribution in [0.2, 0.25) is 0 Å². The van der Waals surface area contributed by atoms with Crippen molar-refractivity contribution >= 4 is 0 Å². The van der Waals surface area contributed by atoms with Gasteiger partial charge >= 0.3 is 0 Å². The summed E-state index contributed by atoms with van der Waals surface area (Å²) in [6, 6.07) is 0. The van der Waals surface area contributed by atoms with Crippen molar-refractivity contribution in [2.75, 3.05) is 32.7 Å². The molecule has 2 N–H and O–H groups in total. The van der Waals surface area contributed by atoms with Crippen molar-refractivity contribution in [3.05, 3.63) is 0 Å².